The molecule has 3 rings (SSSR count). The van der Waals surface area contributed by atoms with Gasteiger partial charge in [0.05, 0.1) is 12.8 Å². The van der Waals surface area contributed by atoms with E-state index in [0.717, 1.165) is 29.0 Å². The Morgan fingerprint density at radius 2 is 1.57 bits per heavy atom. The van der Waals surface area contributed by atoms with Gasteiger partial charge in [-0.25, -0.2) is 4.79 Å². The molecule has 4 heteroatoms. The van der Waals surface area contributed by atoms with E-state index in [-0.39, 0.29) is 6.03 Å². The molecule has 0 spiro atoms. The van der Waals surface area contributed by atoms with Crippen LogP contribution >= 0.6 is 0 Å². The van der Waals surface area contributed by atoms with Crippen molar-refractivity contribution in [2.75, 3.05) is 11.9 Å². The lowest BCUT2D eigenvalue weighted by molar-refractivity contribution is 0.205. The second kappa shape index (κ2) is 10.1. The lowest BCUT2D eigenvalue weighted by atomic mass is 9.93. The van der Waals surface area contributed by atoms with Gasteiger partial charge in [0.2, 0.25) is 0 Å². The van der Waals surface area contributed by atoms with Crippen LogP contribution in [0.5, 0.6) is 0 Å². The topological polar surface area (TPSA) is 45.5 Å². The minimum Gasteiger partial charge on any atom is -0.467 e. The van der Waals surface area contributed by atoms with Crippen LogP contribution < -0.4 is 5.32 Å². The van der Waals surface area contributed by atoms with Crippen molar-refractivity contribution in [3.05, 3.63) is 89.4 Å². The second-order valence-electron chi connectivity index (χ2n) is 8.29. The average molecular weight is 405 g/mol. The lowest BCUT2D eigenvalue weighted by Gasteiger charge is -2.26. The highest BCUT2D eigenvalue weighted by Gasteiger charge is 2.20. The molecule has 0 atom stereocenters. The minimum atomic E-state index is -0.0997. The van der Waals surface area contributed by atoms with Gasteiger partial charge in [0.1, 0.15) is 5.76 Å². The predicted octanol–water partition coefficient (Wildman–Crippen LogP) is 6.80. The van der Waals surface area contributed by atoms with E-state index in [1.54, 1.807) is 6.26 Å². The van der Waals surface area contributed by atoms with Crippen molar-refractivity contribution in [1.82, 2.24) is 4.90 Å². The van der Waals surface area contributed by atoms with Crippen molar-refractivity contribution >= 4 is 11.7 Å². The smallest absolute Gasteiger partial charge is 0.322 e. The van der Waals surface area contributed by atoms with Crippen LogP contribution in [0.1, 0.15) is 62.0 Å². The zero-order chi connectivity index (χ0) is 21.5. The summed E-state index contributed by atoms with van der Waals surface area (Å²) >= 11 is 0. The molecule has 0 aliphatic rings. The molecule has 4 nitrogen and oxygen atoms in total. The molecule has 0 aliphatic heterocycles. The summed E-state index contributed by atoms with van der Waals surface area (Å²) in [5.41, 5.74) is 4.47. The molecule has 1 aromatic heterocycles. The SMILES string of the molecule is CC(C)c1cccc(C(C)C)c1NC(=O)N(CCc1ccccc1)Cc1ccco1. The molecule has 0 radical (unpaired) electrons. The van der Waals surface area contributed by atoms with Crippen molar-refractivity contribution in [1.29, 1.82) is 0 Å². The Morgan fingerprint density at radius 1 is 0.900 bits per heavy atom. The number of nitrogens with one attached hydrogen (secondary N) is 1. The van der Waals surface area contributed by atoms with Gasteiger partial charge < -0.3 is 14.6 Å². The van der Waals surface area contributed by atoms with Crippen molar-refractivity contribution in [2.24, 2.45) is 0 Å². The second-order valence-corrected chi connectivity index (χ2v) is 8.29. The van der Waals surface area contributed by atoms with Crippen LogP contribution in [0, 0.1) is 0 Å². The number of carbonyl (C=O) groups excluding carboxylic acids is 1. The summed E-state index contributed by atoms with van der Waals surface area (Å²) in [6.45, 7) is 9.68. The third-order valence-corrected chi connectivity index (χ3v) is 5.33. The highest BCUT2D eigenvalue weighted by molar-refractivity contribution is 5.91. The third kappa shape index (κ3) is 5.53. The summed E-state index contributed by atoms with van der Waals surface area (Å²) < 4.78 is 5.52. The summed E-state index contributed by atoms with van der Waals surface area (Å²) in [6, 6.07) is 20.2. The van der Waals surface area contributed by atoms with Crippen LogP contribution in [-0.2, 0) is 13.0 Å². The molecule has 1 N–H and O–H groups in total. The van der Waals surface area contributed by atoms with E-state index in [0.29, 0.717) is 24.9 Å². The van der Waals surface area contributed by atoms with Crippen molar-refractivity contribution < 1.29 is 9.21 Å². The zero-order valence-corrected chi connectivity index (χ0v) is 18.4. The molecule has 0 aliphatic carbocycles. The maximum Gasteiger partial charge on any atom is 0.322 e. The molecule has 0 bridgehead atoms. The number of amides is 2. The normalized spacial score (nSPS) is 11.1. The van der Waals surface area contributed by atoms with Gasteiger partial charge in [0.15, 0.2) is 0 Å². The molecular formula is C26H32N2O2. The van der Waals surface area contributed by atoms with E-state index in [9.17, 15) is 4.79 Å². The first-order valence-electron chi connectivity index (χ1n) is 10.7. The Morgan fingerprint density at radius 3 is 2.13 bits per heavy atom. The number of urea groups is 1. The minimum absolute atomic E-state index is 0.0997. The zero-order valence-electron chi connectivity index (χ0n) is 18.4. The highest BCUT2D eigenvalue weighted by Crippen LogP contribution is 2.32. The number of rotatable bonds is 8. The van der Waals surface area contributed by atoms with Gasteiger partial charge in [-0.2, -0.15) is 0 Å². The van der Waals surface area contributed by atoms with Crippen molar-refractivity contribution in [3.63, 3.8) is 0 Å². The molecule has 0 unspecified atom stereocenters. The van der Waals surface area contributed by atoms with Crippen molar-refractivity contribution in [2.45, 2.75) is 52.5 Å². The van der Waals surface area contributed by atoms with E-state index < -0.39 is 0 Å². The molecule has 3 aromatic rings. The van der Waals surface area contributed by atoms with E-state index in [1.165, 1.54) is 5.56 Å². The summed E-state index contributed by atoms with van der Waals surface area (Å²) in [5, 5.41) is 3.24. The first kappa shape index (κ1) is 21.7. The fourth-order valence-corrected chi connectivity index (χ4v) is 3.63. The number of furan rings is 1. The van der Waals surface area contributed by atoms with Crippen LogP contribution in [0.2, 0.25) is 0 Å². The first-order valence-corrected chi connectivity index (χ1v) is 10.7. The first-order chi connectivity index (χ1) is 14.5. The average Bonchev–Trinajstić information content (AvgIpc) is 3.24. The Kier molecular flexibility index (Phi) is 7.34. The molecule has 0 saturated carbocycles. The summed E-state index contributed by atoms with van der Waals surface area (Å²) in [5.74, 6) is 1.42. The largest absolute Gasteiger partial charge is 0.467 e. The fraction of sp³-hybridized carbons (Fsp3) is 0.346. The van der Waals surface area contributed by atoms with Gasteiger partial charge in [-0.1, -0.05) is 76.2 Å². The van der Waals surface area contributed by atoms with Crippen LogP contribution in [0.25, 0.3) is 0 Å². The van der Waals surface area contributed by atoms with E-state index >= 15 is 0 Å². The molecule has 2 aromatic carbocycles. The predicted molar refractivity (Wildman–Crippen MR) is 123 cm³/mol. The number of nitrogens with zero attached hydrogens (tertiary/aromatic N) is 1. The Balaban J connectivity index is 1.84. The molecule has 2 amide bonds. The number of para-hydroxylation sites is 1. The molecular weight excluding hydrogens is 372 g/mol. The van der Waals surface area contributed by atoms with Crippen LogP contribution in [-0.4, -0.2) is 17.5 Å². The van der Waals surface area contributed by atoms with Gasteiger partial charge in [0, 0.05) is 12.2 Å². The van der Waals surface area contributed by atoms with E-state index in [4.69, 9.17) is 4.42 Å². The number of carbonyl (C=O) groups is 1. The summed E-state index contributed by atoms with van der Waals surface area (Å²) in [6.07, 6.45) is 2.44. The van der Waals surface area contributed by atoms with E-state index in [2.05, 4.69) is 63.3 Å². The molecule has 30 heavy (non-hydrogen) atoms. The number of anilines is 1. The van der Waals surface area contributed by atoms with Crippen LogP contribution in [0.4, 0.5) is 10.5 Å². The van der Waals surface area contributed by atoms with Gasteiger partial charge in [-0.05, 0) is 47.1 Å². The number of hydrogen-bond acceptors (Lipinski definition) is 2. The monoisotopic (exact) mass is 404 g/mol. The Labute approximate surface area is 179 Å². The third-order valence-electron chi connectivity index (χ3n) is 5.33. The quantitative estimate of drug-likeness (QED) is 0.448. The maximum absolute atomic E-state index is 13.4. The summed E-state index contributed by atoms with van der Waals surface area (Å²) in [4.78, 5) is 15.2. The van der Waals surface area contributed by atoms with Crippen LogP contribution in [0.3, 0.4) is 0 Å². The summed E-state index contributed by atoms with van der Waals surface area (Å²) in [7, 11) is 0. The molecule has 0 saturated heterocycles. The van der Waals surface area contributed by atoms with Crippen LogP contribution in [0.15, 0.2) is 71.3 Å². The van der Waals surface area contributed by atoms with Gasteiger partial charge in [-0.15, -0.1) is 0 Å². The lowest BCUT2D eigenvalue weighted by Crippen LogP contribution is -2.36. The van der Waals surface area contributed by atoms with Gasteiger partial charge in [-0.3, -0.25) is 0 Å². The van der Waals surface area contributed by atoms with Gasteiger partial charge >= 0.3 is 6.03 Å². The highest BCUT2D eigenvalue weighted by atomic mass is 16.3. The van der Waals surface area contributed by atoms with Gasteiger partial charge in [0.25, 0.3) is 0 Å². The van der Waals surface area contributed by atoms with E-state index in [1.807, 2.05) is 35.2 Å². The van der Waals surface area contributed by atoms with Crippen molar-refractivity contribution in [3.8, 4) is 0 Å². The molecule has 1 heterocycles. The fourth-order valence-electron chi connectivity index (χ4n) is 3.63. The molecule has 158 valence electrons. The maximum atomic E-state index is 13.4. The number of hydrogen-bond donors (Lipinski definition) is 1. The molecule has 0 fully saturated rings. The standard InChI is InChI=1S/C26H32N2O2/c1-19(2)23-13-8-14-24(20(3)4)25(23)27-26(29)28(18-22-12-9-17-30-22)16-15-21-10-6-5-7-11-21/h5-14,17,19-20H,15-16,18H2,1-4H3,(H,27,29). The Bertz CT molecular complexity index is 905. The Hall–Kier alpha value is -3.01. The number of benzene rings is 2.